The van der Waals surface area contributed by atoms with Crippen LogP contribution in [0.3, 0.4) is 0 Å². The second-order valence-electron chi connectivity index (χ2n) is 6.39. The molecule has 0 bridgehead atoms. The molecule has 3 heteroatoms. The molecule has 0 spiro atoms. The van der Waals surface area contributed by atoms with Gasteiger partial charge in [0.15, 0.2) is 0 Å². The molecule has 3 nitrogen and oxygen atoms in total. The van der Waals surface area contributed by atoms with Crippen LogP contribution in [0.25, 0.3) is 0 Å². The van der Waals surface area contributed by atoms with Gasteiger partial charge in [0.1, 0.15) is 5.75 Å². The quantitative estimate of drug-likeness (QED) is 0.803. The van der Waals surface area contributed by atoms with E-state index in [4.69, 9.17) is 4.74 Å². The Hall–Kier alpha value is -1.06. The van der Waals surface area contributed by atoms with Gasteiger partial charge in [-0.05, 0) is 50.3 Å². The Bertz CT molecular complexity index is 410. The largest absolute Gasteiger partial charge is 0.491 e. The molecule has 0 heterocycles. The predicted molar refractivity (Wildman–Crippen MR) is 81.9 cm³/mol. The van der Waals surface area contributed by atoms with E-state index in [-0.39, 0.29) is 12.1 Å². The normalized spacial score (nSPS) is 18.4. The zero-order chi connectivity index (χ0) is 14.7. The Labute approximate surface area is 122 Å². The molecule has 1 aliphatic carbocycles. The highest BCUT2D eigenvalue weighted by atomic mass is 16.5. The number of benzene rings is 1. The average Bonchev–Trinajstić information content (AvgIpc) is 3.19. The van der Waals surface area contributed by atoms with E-state index >= 15 is 0 Å². The van der Waals surface area contributed by atoms with E-state index in [1.807, 2.05) is 38.1 Å². The number of nitrogens with one attached hydrogen (secondary N) is 1. The van der Waals surface area contributed by atoms with Gasteiger partial charge in [0.2, 0.25) is 0 Å². The number of rotatable bonds is 7. The Kier molecular flexibility index (Phi) is 5.06. The van der Waals surface area contributed by atoms with Crippen molar-refractivity contribution in [1.82, 2.24) is 5.32 Å². The maximum Gasteiger partial charge on any atom is 0.119 e. The maximum absolute atomic E-state index is 10.6. The minimum atomic E-state index is -0.469. The number of aliphatic hydroxyl groups is 1. The molecule has 0 saturated heterocycles. The van der Waals surface area contributed by atoms with Crippen molar-refractivity contribution in [2.45, 2.75) is 64.8 Å². The second-order valence-corrected chi connectivity index (χ2v) is 6.39. The first-order chi connectivity index (χ1) is 9.47. The molecule has 0 aliphatic heterocycles. The summed E-state index contributed by atoms with van der Waals surface area (Å²) in [5, 5.41) is 14.2. The molecular weight excluding hydrogens is 250 g/mol. The standard InChI is InChI=1S/C17H27NO2/c1-11(2)16(18-14-7-8-14)17(19)13-5-9-15(10-6-13)20-12(3)4/h5-6,9-12,14,16-19H,7-8H2,1-4H3. The molecule has 1 saturated carbocycles. The lowest BCUT2D eigenvalue weighted by atomic mass is 9.93. The zero-order valence-corrected chi connectivity index (χ0v) is 13.0. The summed E-state index contributed by atoms with van der Waals surface area (Å²) in [6.45, 7) is 8.33. The smallest absolute Gasteiger partial charge is 0.119 e. The van der Waals surface area contributed by atoms with Crippen molar-refractivity contribution in [1.29, 1.82) is 0 Å². The van der Waals surface area contributed by atoms with Crippen molar-refractivity contribution in [3.63, 3.8) is 0 Å². The van der Waals surface area contributed by atoms with E-state index in [0.717, 1.165) is 11.3 Å². The van der Waals surface area contributed by atoms with Crippen LogP contribution in [0.4, 0.5) is 0 Å². The maximum atomic E-state index is 10.6. The highest BCUT2D eigenvalue weighted by Crippen LogP contribution is 2.28. The molecule has 2 rings (SSSR count). The van der Waals surface area contributed by atoms with E-state index in [9.17, 15) is 5.11 Å². The highest BCUT2D eigenvalue weighted by Gasteiger charge is 2.30. The molecular formula is C17H27NO2. The van der Waals surface area contributed by atoms with Gasteiger partial charge in [-0.3, -0.25) is 0 Å². The summed E-state index contributed by atoms with van der Waals surface area (Å²) in [4.78, 5) is 0. The molecule has 20 heavy (non-hydrogen) atoms. The van der Waals surface area contributed by atoms with Gasteiger partial charge in [0.25, 0.3) is 0 Å². The van der Waals surface area contributed by atoms with Crippen molar-refractivity contribution < 1.29 is 9.84 Å². The number of hydrogen-bond acceptors (Lipinski definition) is 3. The zero-order valence-electron chi connectivity index (χ0n) is 13.0. The molecule has 0 radical (unpaired) electrons. The van der Waals surface area contributed by atoms with Crippen molar-refractivity contribution in [3.8, 4) is 5.75 Å². The Morgan fingerprint density at radius 1 is 1.10 bits per heavy atom. The molecule has 0 aromatic heterocycles. The van der Waals surface area contributed by atoms with Gasteiger partial charge in [-0.15, -0.1) is 0 Å². The average molecular weight is 277 g/mol. The predicted octanol–water partition coefficient (Wildman–Crippen LogP) is 3.28. The third-order valence-corrected chi connectivity index (χ3v) is 3.66. The van der Waals surface area contributed by atoms with Crippen LogP contribution in [0.5, 0.6) is 5.75 Å². The van der Waals surface area contributed by atoms with Gasteiger partial charge in [0.05, 0.1) is 12.2 Å². The van der Waals surface area contributed by atoms with Crippen molar-refractivity contribution in [3.05, 3.63) is 29.8 Å². The van der Waals surface area contributed by atoms with Gasteiger partial charge in [-0.1, -0.05) is 26.0 Å². The molecule has 2 N–H and O–H groups in total. The summed E-state index contributed by atoms with van der Waals surface area (Å²) < 4.78 is 5.63. The van der Waals surface area contributed by atoms with Gasteiger partial charge in [-0.25, -0.2) is 0 Å². The summed E-state index contributed by atoms with van der Waals surface area (Å²) in [5.74, 6) is 1.25. The lowest BCUT2D eigenvalue weighted by Crippen LogP contribution is -2.40. The van der Waals surface area contributed by atoms with Crippen LogP contribution in [0, 0.1) is 5.92 Å². The third kappa shape index (κ3) is 4.22. The van der Waals surface area contributed by atoms with Crippen LogP contribution < -0.4 is 10.1 Å². The molecule has 1 aromatic rings. The molecule has 1 fully saturated rings. The topological polar surface area (TPSA) is 41.5 Å². The van der Waals surface area contributed by atoms with E-state index in [2.05, 4.69) is 19.2 Å². The van der Waals surface area contributed by atoms with Crippen LogP contribution in [0.15, 0.2) is 24.3 Å². The van der Waals surface area contributed by atoms with Crippen LogP contribution in [-0.4, -0.2) is 23.3 Å². The fourth-order valence-electron chi connectivity index (χ4n) is 2.39. The van der Waals surface area contributed by atoms with E-state index < -0.39 is 6.10 Å². The molecule has 0 amide bonds. The minimum Gasteiger partial charge on any atom is -0.491 e. The lowest BCUT2D eigenvalue weighted by molar-refractivity contribution is 0.104. The Morgan fingerprint density at radius 2 is 1.70 bits per heavy atom. The minimum absolute atomic E-state index is 0.111. The van der Waals surface area contributed by atoms with Crippen molar-refractivity contribution >= 4 is 0 Å². The summed E-state index contributed by atoms with van der Waals surface area (Å²) >= 11 is 0. The van der Waals surface area contributed by atoms with Crippen LogP contribution >= 0.6 is 0 Å². The molecule has 112 valence electrons. The number of hydrogen-bond donors (Lipinski definition) is 2. The highest BCUT2D eigenvalue weighted by molar-refractivity contribution is 5.29. The van der Waals surface area contributed by atoms with Crippen LogP contribution in [0.2, 0.25) is 0 Å². The lowest BCUT2D eigenvalue weighted by Gasteiger charge is -2.28. The number of aliphatic hydroxyl groups excluding tert-OH is 1. The molecule has 2 atom stereocenters. The Balaban J connectivity index is 2.03. The SMILES string of the molecule is CC(C)Oc1ccc(C(O)C(NC2CC2)C(C)C)cc1. The van der Waals surface area contributed by atoms with Crippen LogP contribution in [0.1, 0.15) is 52.2 Å². The first-order valence-corrected chi connectivity index (χ1v) is 7.68. The van der Waals surface area contributed by atoms with Gasteiger partial charge in [-0.2, -0.15) is 0 Å². The monoisotopic (exact) mass is 277 g/mol. The first kappa shape index (κ1) is 15.3. The van der Waals surface area contributed by atoms with E-state index in [1.165, 1.54) is 12.8 Å². The van der Waals surface area contributed by atoms with Gasteiger partial charge >= 0.3 is 0 Å². The third-order valence-electron chi connectivity index (χ3n) is 3.66. The first-order valence-electron chi connectivity index (χ1n) is 7.68. The summed E-state index contributed by atoms with van der Waals surface area (Å²) in [6.07, 6.45) is 2.17. The molecule has 2 unspecified atom stereocenters. The van der Waals surface area contributed by atoms with Gasteiger partial charge in [0, 0.05) is 12.1 Å². The fourth-order valence-corrected chi connectivity index (χ4v) is 2.39. The molecule has 1 aromatic carbocycles. The fraction of sp³-hybridized carbons (Fsp3) is 0.647. The van der Waals surface area contributed by atoms with Crippen molar-refractivity contribution in [2.24, 2.45) is 5.92 Å². The summed E-state index contributed by atoms with van der Waals surface area (Å²) in [6, 6.07) is 8.51. The Morgan fingerprint density at radius 3 is 2.15 bits per heavy atom. The van der Waals surface area contributed by atoms with Crippen LogP contribution in [-0.2, 0) is 0 Å². The van der Waals surface area contributed by atoms with Crippen molar-refractivity contribution in [2.75, 3.05) is 0 Å². The van der Waals surface area contributed by atoms with E-state index in [0.29, 0.717) is 12.0 Å². The summed E-state index contributed by atoms with van der Waals surface area (Å²) in [5.41, 5.74) is 0.952. The summed E-state index contributed by atoms with van der Waals surface area (Å²) in [7, 11) is 0. The van der Waals surface area contributed by atoms with Gasteiger partial charge < -0.3 is 15.2 Å². The molecule has 1 aliphatic rings. The second kappa shape index (κ2) is 6.59. The van der Waals surface area contributed by atoms with E-state index in [1.54, 1.807) is 0 Å². The number of ether oxygens (including phenoxy) is 1.